The van der Waals surface area contributed by atoms with E-state index in [9.17, 15) is 4.39 Å². The number of hydrogen-bond acceptors (Lipinski definition) is 6. The van der Waals surface area contributed by atoms with Crippen LogP contribution in [0.1, 0.15) is 45.2 Å². The summed E-state index contributed by atoms with van der Waals surface area (Å²) in [5, 5.41) is 0.619. The van der Waals surface area contributed by atoms with Crippen molar-refractivity contribution in [3.8, 4) is 6.01 Å². The molecule has 2 aliphatic rings. The Balaban J connectivity index is 0.000000948. The second-order valence-electron chi connectivity index (χ2n) is 6.61. The minimum Gasteiger partial charge on any atom is -0.467 e. The third kappa shape index (κ3) is 3.32. The van der Waals surface area contributed by atoms with Crippen LogP contribution in [0, 0.1) is 12.7 Å². The van der Waals surface area contributed by atoms with Gasteiger partial charge in [0.05, 0.1) is 23.8 Å². The number of pyridine rings is 1. The van der Waals surface area contributed by atoms with Crippen molar-refractivity contribution in [2.75, 3.05) is 31.7 Å². The van der Waals surface area contributed by atoms with Crippen molar-refractivity contribution in [1.82, 2.24) is 15.0 Å². The standard InChI is InChI=1S/C17H21FN4O2.C2H6/c1-11-13(18)14-12(9-19-11)15(21-16(20-14)23-2)22-7-3-5-17(10-22)6-4-8-24-17;1-2/h9H,3-8,10H2,1-2H3;1-2H3. The number of anilines is 1. The number of nitrogens with zero attached hydrogens (tertiary/aromatic N) is 4. The monoisotopic (exact) mass is 362 g/mol. The van der Waals surface area contributed by atoms with Gasteiger partial charge < -0.3 is 14.4 Å². The molecule has 1 spiro atoms. The first-order valence-corrected chi connectivity index (χ1v) is 9.38. The van der Waals surface area contributed by atoms with Crippen LogP contribution in [0.5, 0.6) is 6.01 Å². The van der Waals surface area contributed by atoms with Gasteiger partial charge in [0.25, 0.3) is 0 Å². The van der Waals surface area contributed by atoms with Crippen molar-refractivity contribution in [2.45, 2.75) is 52.1 Å². The molecule has 0 N–H and O–H groups in total. The van der Waals surface area contributed by atoms with E-state index in [0.29, 0.717) is 16.9 Å². The third-order valence-corrected chi connectivity index (χ3v) is 5.02. The number of aryl methyl sites for hydroxylation is 1. The predicted octanol–water partition coefficient (Wildman–Crippen LogP) is 3.66. The summed E-state index contributed by atoms with van der Waals surface area (Å²) in [6, 6.07) is 0.175. The number of aromatic nitrogens is 3. The molecule has 2 aromatic rings. The lowest BCUT2D eigenvalue weighted by atomic mass is 9.90. The molecule has 142 valence electrons. The summed E-state index contributed by atoms with van der Waals surface area (Å²) >= 11 is 0. The first-order valence-electron chi connectivity index (χ1n) is 9.38. The summed E-state index contributed by atoms with van der Waals surface area (Å²) in [6.07, 6.45) is 5.90. The van der Waals surface area contributed by atoms with Gasteiger partial charge >= 0.3 is 6.01 Å². The first kappa shape index (κ1) is 18.8. The lowest BCUT2D eigenvalue weighted by Crippen LogP contribution is -2.48. The zero-order chi connectivity index (χ0) is 18.7. The Labute approximate surface area is 153 Å². The van der Waals surface area contributed by atoms with Crippen molar-refractivity contribution in [3.63, 3.8) is 0 Å². The minimum atomic E-state index is -0.418. The molecule has 26 heavy (non-hydrogen) atoms. The fourth-order valence-electron chi connectivity index (χ4n) is 3.80. The van der Waals surface area contributed by atoms with Gasteiger partial charge in [0.1, 0.15) is 11.3 Å². The Bertz CT molecular complexity index is 778. The van der Waals surface area contributed by atoms with E-state index in [-0.39, 0.29) is 17.1 Å². The Hall–Kier alpha value is -2.02. The van der Waals surface area contributed by atoms with E-state index in [1.807, 2.05) is 13.8 Å². The van der Waals surface area contributed by atoms with Crippen LogP contribution in [-0.2, 0) is 4.74 Å². The number of piperidine rings is 1. The van der Waals surface area contributed by atoms with Crippen molar-refractivity contribution in [1.29, 1.82) is 0 Å². The van der Waals surface area contributed by atoms with Crippen LogP contribution < -0.4 is 9.64 Å². The molecule has 4 rings (SSSR count). The fourth-order valence-corrected chi connectivity index (χ4v) is 3.80. The molecule has 0 radical (unpaired) electrons. The summed E-state index contributed by atoms with van der Waals surface area (Å²) in [4.78, 5) is 15.0. The van der Waals surface area contributed by atoms with Crippen LogP contribution in [0.15, 0.2) is 6.20 Å². The van der Waals surface area contributed by atoms with Crippen molar-refractivity contribution < 1.29 is 13.9 Å². The lowest BCUT2D eigenvalue weighted by molar-refractivity contribution is -0.00632. The predicted molar refractivity (Wildman–Crippen MR) is 99.3 cm³/mol. The topological polar surface area (TPSA) is 60.4 Å². The second kappa shape index (κ2) is 7.70. The average molecular weight is 362 g/mol. The molecule has 0 saturated carbocycles. The molecule has 2 fully saturated rings. The van der Waals surface area contributed by atoms with Crippen molar-refractivity contribution in [3.05, 3.63) is 17.7 Å². The number of rotatable bonds is 2. The molecule has 4 heterocycles. The molecule has 2 aliphatic heterocycles. The highest BCUT2D eigenvalue weighted by molar-refractivity contribution is 5.90. The highest BCUT2D eigenvalue weighted by Gasteiger charge is 2.40. The van der Waals surface area contributed by atoms with Gasteiger partial charge in [-0.15, -0.1) is 0 Å². The third-order valence-electron chi connectivity index (χ3n) is 5.02. The number of halogens is 1. The van der Waals surface area contributed by atoms with Gasteiger partial charge in [-0.1, -0.05) is 13.8 Å². The van der Waals surface area contributed by atoms with E-state index in [1.165, 1.54) is 7.11 Å². The van der Waals surface area contributed by atoms with Crippen molar-refractivity contribution in [2.24, 2.45) is 0 Å². The maximum absolute atomic E-state index is 14.5. The minimum absolute atomic E-state index is 0.0978. The second-order valence-corrected chi connectivity index (χ2v) is 6.61. The number of hydrogen-bond donors (Lipinski definition) is 0. The van der Waals surface area contributed by atoms with E-state index in [4.69, 9.17) is 9.47 Å². The van der Waals surface area contributed by atoms with Crippen LogP contribution in [-0.4, -0.2) is 47.4 Å². The molecule has 7 heteroatoms. The molecule has 2 aromatic heterocycles. The maximum Gasteiger partial charge on any atom is 0.318 e. The molecule has 1 unspecified atom stereocenters. The Morgan fingerprint density at radius 3 is 2.69 bits per heavy atom. The Morgan fingerprint density at radius 1 is 1.23 bits per heavy atom. The molecule has 0 aliphatic carbocycles. The molecular weight excluding hydrogens is 335 g/mol. The average Bonchev–Trinajstić information content (AvgIpc) is 3.13. The highest BCUT2D eigenvalue weighted by Crippen LogP contribution is 2.38. The van der Waals surface area contributed by atoms with Gasteiger partial charge in [0.15, 0.2) is 5.82 Å². The molecule has 0 aromatic carbocycles. The quantitative estimate of drug-likeness (QED) is 0.813. The summed E-state index contributed by atoms with van der Waals surface area (Å²) in [5.74, 6) is 0.260. The summed E-state index contributed by atoms with van der Waals surface area (Å²) < 4.78 is 25.7. The van der Waals surface area contributed by atoms with Gasteiger partial charge in [0.2, 0.25) is 0 Å². The van der Waals surface area contributed by atoms with Gasteiger partial charge in [-0.05, 0) is 32.6 Å². The summed E-state index contributed by atoms with van der Waals surface area (Å²) in [7, 11) is 1.49. The zero-order valence-corrected chi connectivity index (χ0v) is 16.0. The largest absolute Gasteiger partial charge is 0.467 e. The molecular formula is C19H27FN4O2. The molecule has 0 amide bonds. The fraction of sp³-hybridized carbons (Fsp3) is 0.632. The van der Waals surface area contributed by atoms with E-state index in [0.717, 1.165) is 45.4 Å². The van der Waals surface area contributed by atoms with E-state index < -0.39 is 5.82 Å². The summed E-state index contributed by atoms with van der Waals surface area (Å²) in [5.41, 5.74) is 0.485. The first-order chi connectivity index (χ1) is 12.6. The molecule has 0 bridgehead atoms. The normalized spacial score (nSPS) is 22.4. The molecule has 6 nitrogen and oxygen atoms in total. The van der Waals surface area contributed by atoms with Gasteiger partial charge in [-0.2, -0.15) is 9.97 Å². The van der Waals surface area contributed by atoms with Crippen LogP contribution in [0.4, 0.5) is 10.2 Å². The van der Waals surface area contributed by atoms with Gasteiger partial charge in [-0.3, -0.25) is 4.98 Å². The Kier molecular flexibility index (Phi) is 5.55. The smallest absolute Gasteiger partial charge is 0.318 e. The molecule has 2 saturated heterocycles. The van der Waals surface area contributed by atoms with E-state index in [1.54, 1.807) is 13.1 Å². The van der Waals surface area contributed by atoms with Crippen LogP contribution >= 0.6 is 0 Å². The van der Waals surface area contributed by atoms with E-state index in [2.05, 4.69) is 19.9 Å². The lowest BCUT2D eigenvalue weighted by Gasteiger charge is -2.40. The van der Waals surface area contributed by atoms with Gasteiger partial charge in [0, 0.05) is 25.9 Å². The van der Waals surface area contributed by atoms with Crippen LogP contribution in [0.2, 0.25) is 0 Å². The summed E-state index contributed by atoms with van der Waals surface area (Å²) in [6.45, 7) is 8.07. The van der Waals surface area contributed by atoms with E-state index >= 15 is 0 Å². The van der Waals surface area contributed by atoms with Crippen LogP contribution in [0.3, 0.4) is 0 Å². The SMILES string of the molecule is CC.COc1nc(N2CCCC3(CCCO3)C2)c2cnc(C)c(F)c2n1. The highest BCUT2D eigenvalue weighted by atomic mass is 19.1. The number of fused-ring (bicyclic) bond motifs is 1. The molecule has 1 atom stereocenters. The zero-order valence-electron chi connectivity index (χ0n) is 16.0. The number of ether oxygens (including phenoxy) is 2. The van der Waals surface area contributed by atoms with Crippen molar-refractivity contribution >= 4 is 16.7 Å². The maximum atomic E-state index is 14.5. The van der Waals surface area contributed by atoms with Crippen LogP contribution in [0.25, 0.3) is 10.9 Å². The van der Waals surface area contributed by atoms with Gasteiger partial charge in [-0.25, -0.2) is 4.39 Å². The number of methoxy groups -OCH3 is 1. The Morgan fingerprint density at radius 2 is 2.00 bits per heavy atom.